The molecule has 118 valence electrons. The highest BCUT2D eigenvalue weighted by atomic mass is 19.1. The minimum Gasteiger partial charge on any atom is -0.497 e. The molecular weight excluding hydrogens is 281 g/mol. The lowest BCUT2D eigenvalue weighted by molar-refractivity contribution is 0.328. The summed E-state index contributed by atoms with van der Waals surface area (Å²) in [5.74, 6) is 1.07. The number of likely N-dealkylation sites (tertiary alicyclic amines) is 1. The molecule has 1 aliphatic rings. The topological polar surface area (TPSA) is 51.4 Å². The molecule has 2 heterocycles. The van der Waals surface area contributed by atoms with Gasteiger partial charge in [-0.3, -0.25) is 4.98 Å². The van der Waals surface area contributed by atoms with Crippen LogP contribution in [0.4, 0.5) is 4.39 Å². The van der Waals surface area contributed by atoms with Crippen LogP contribution in [0.5, 0.6) is 5.75 Å². The molecule has 1 saturated heterocycles. The van der Waals surface area contributed by atoms with E-state index < -0.39 is 0 Å². The van der Waals surface area contributed by atoms with E-state index >= 15 is 0 Å². The monoisotopic (exact) mass is 303 g/mol. The summed E-state index contributed by atoms with van der Waals surface area (Å²) in [7, 11) is 1.62. The van der Waals surface area contributed by atoms with Gasteiger partial charge in [-0.25, -0.2) is 4.39 Å². The van der Waals surface area contributed by atoms with E-state index in [0.717, 1.165) is 54.8 Å². The third kappa shape index (κ3) is 3.05. The lowest BCUT2D eigenvalue weighted by Crippen LogP contribution is -2.25. The van der Waals surface area contributed by atoms with Crippen LogP contribution in [0.15, 0.2) is 24.4 Å². The van der Waals surface area contributed by atoms with E-state index in [9.17, 15) is 4.39 Å². The zero-order valence-electron chi connectivity index (χ0n) is 12.9. The molecule has 1 atom stereocenters. The van der Waals surface area contributed by atoms with E-state index in [1.807, 2.05) is 18.2 Å². The number of rotatable bonds is 5. The lowest BCUT2D eigenvalue weighted by atomic mass is 10.0. The maximum absolute atomic E-state index is 14.2. The quantitative estimate of drug-likeness (QED) is 0.920. The third-order valence-electron chi connectivity index (χ3n) is 4.52. The number of nitrogens with zero attached hydrogens (tertiary/aromatic N) is 2. The number of benzene rings is 1. The van der Waals surface area contributed by atoms with Crippen LogP contribution in [-0.4, -0.2) is 43.2 Å². The summed E-state index contributed by atoms with van der Waals surface area (Å²) in [6.45, 7) is 3.66. The first-order valence-corrected chi connectivity index (χ1v) is 7.75. The number of hydrogen-bond acceptors (Lipinski definition) is 4. The molecule has 22 heavy (non-hydrogen) atoms. The molecule has 2 aromatic rings. The van der Waals surface area contributed by atoms with Gasteiger partial charge in [0, 0.05) is 24.0 Å². The standard InChI is InChI=1S/C17H22FN3O/c1-22-13-2-3-17-15(8-13)14(16(18)10-20-17)5-7-21-6-4-12(9-19)11-21/h2-3,8,10,12H,4-7,9,11,19H2,1H3/t12-/m0/s1. The van der Waals surface area contributed by atoms with Crippen LogP contribution in [0.3, 0.4) is 0 Å². The second-order valence-corrected chi connectivity index (χ2v) is 5.91. The zero-order chi connectivity index (χ0) is 15.5. The van der Waals surface area contributed by atoms with Crippen molar-refractivity contribution in [3.63, 3.8) is 0 Å². The maximum atomic E-state index is 14.2. The van der Waals surface area contributed by atoms with E-state index in [-0.39, 0.29) is 5.82 Å². The van der Waals surface area contributed by atoms with E-state index in [2.05, 4.69) is 9.88 Å². The molecule has 4 nitrogen and oxygen atoms in total. The number of fused-ring (bicyclic) bond motifs is 1. The number of methoxy groups -OCH3 is 1. The Labute approximate surface area is 130 Å². The van der Waals surface area contributed by atoms with Gasteiger partial charge in [-0.1, -0.05) is 0 Å². The zero-order valence-corrected chi connectivity index (χ0v) is 12.9. The Kier molecular flexibility index (Phi) is 4.55. The maximum Gasteiger partial charge on any atom is 0.145 e. The first-order valence-electron chi connectivity index (χ1n) is 7.75. The first-order chi connectivity index (χ1) is 10.7. The van der Waals surface area contributed by atoms with Crippen LogP contribution in [0, 0.1) is 11.7 Å². The van der Waals surface area contributed by atoms with Crippen molar-refractivity contribution in [1.29, 1.82) is 0 Å². The normalized spacial score (nSPS) is 19.0. The number of nitrogens with two attached hydrogens (primary N) is 1. The lowest BCUT2D eigenvalue weighted by Gasteiger charge is -2.16. The van der Waals surface area contributed by atoms with Crippen molar-refractivity contribution in [3.05, 3.63) is 35.8 Å². The molecule has 0 spiro atoms. The fraction of sp³-hybridized carbons (Fsp3) is 0.471. The molecule has 0 saturated carbocycles. The third-order valence-corrected chi connectivity index (χ3v) is 4.52. The highest BCUT2D eigenvalue weighted by molar-refractivity contribution is 5.83. The van der Waals surface area contributed by atoms with E-state index in [0.29, 0.717) is 12.3 Å². The van der Waals surface area contributed by atoms with Crippen LogP contribution in [0.25, 0.3) is 10.9 Å². The summed E-state index contributed by atoms with van der Waals surface area (Å²) < 4.78 is 19.5. The fourth-order valence-electron chi connectivity index (χ4n) is 3.16. The van der Waals surface area contributed by atoms with Crippen LogP contribution < -0.4 is 10.5 Å². The van der Waals surface area contributed by atoms with Gasteiger partial charge in [0.2, 0.25) is 0 Å². The number of aromatic nitrogens is 1. The number of hydrogen-bond donors (Lipinski definition) is 1. The van der Waals surface area contributed by atoms with Crippen LogP contribution in [0.2, 0.25) is 0 Å². The number of pyridine rings is 1. The van der Waals surface area contributed by atoms with Gasteiger partial charge in [0.05, 0.1) is 18.8 Å². The van der Waals surface area contributed by atoms with Crippen LogP contribution in [0.1, 0.15) is 12.0 Å². The molecule has 1 fully saturated rings. The van der Waals surface area contributed by atoms with Gasteiger partial charge in [0.25, 0.3) is 0 Å². The van der Waals surface area contributed by atoms with Crippen molar-refractivity contribution in [2.75, 3.05) is 33.3 Å². The summed E-state index contributed by atoms with van der Waals surface area (Å²) >= 11 is 0. The van der Waals surface area contributed by atoms with Crippen molar-refractivity contribution < 1.29 is 9.13 Å². The second-order valence-electron chi connectivity index (χ2n) is 5.91. The molecule has 2 N–H and O–H groups in total. The Morgan fingerprint density at radius 2 is 2.32 bits per heavy atom. The molecule has 3 rings (SSSR count). The van der Waals surface area contributed by atoms with Gasteiger partial charge in [-0.15, -0.1) is 0 Å². The minimum absolute atomic E-state index is 0.240. The Bertz CT molecular complexity index is 662. The minimum atomic E-state index is -0.240. The van der Waals surface area contributed by atoms with Gasteiger partial charge >= 0.3 is 0 Å². The predicted molar refractivity (Wildman–Crippen MR) is 85.6 cm³/mol. The van der Waals surface area contributed by atoms with Gasteiger partial charge in [-0.2, -0.15) is 0 Å². The van der Waals surface area contributed by atoms with Crippen molar-refractivity contribution in [1.82, 2.24) is 9.88 Å². The van der Waals surface area contributed by atoms with Crippen molar-refractivity contribution in [2.45, 2.75) is 12.8 Å². The average molecular weight is 303 g/mol. The molecule has 1 aliphatic heterocycles. The van der Waals surface area contributed by atoms with Crippen LogP contribution >= 0.6 is 0 Å². The van der Waals surface area contributed by atoms with Crippen molar-refractivity contribution in [2.24, 2.45) is 11.7 Å². The Morgan fingerprint density at radius 1 is 1.45 bits per heavy atom. The molecule has 1 aromatic carbocycles. The average Bonchev–Trinajstić information content (AvgIpc) is 3.01. The van der Waals surface area contributed by atoms with Gasteiger partial charge in [-0.05, 0) is 50.0 Å². The highest BCUT2D eigenvalue weighted by Crippen LogP contribution is 2.25. The Hall–Kier alpha value is -1.72. The van der Waals surface area contributed by atoms with Crippen molar-refractivity contribution >= 4 is 10.9 Å². The number of ether oxygens (including phenoxy) is 1. The molecule has 1 aromatic heterocycles. The molecule has 0 bridgehead atoms. The summed E-state index contributed by atoms with van der Waals surface area (Å²) in [6, 6.07) is 5.59. The molecule has 0 amide bonds. The Morgan fingerprint density at radius 3 is 3.05 bits per heavy atom. The summed E-state index contributed by atoms with van der Waals surface area (Å²) in [5.41, 5.74) is 7.25. The van der Waals surface area contributed by atoms with Gasteiger partial charge < -0.3 is 15.4 Å². The van der Waals surface area contributed by atoms with E-state index in [1.54, 1.807) is 7.11 Å². The first kappa shape index (κ1) is 15.2. The summed E-state index contributed by atoms with van der Waals surface area (Å²) in [6.07, 6.45) is 3.13. The second kappa shape index (κ2) is 6.58. The number of halogens is 1. The van der Waals surface area contributed by atoms with Gasteiger partial charge in [0.15, 0.2) is 0 Å². The smallest absolute Gasteiger partial charge is 0.145 e. The SMILES string of the molecule is COc1ccc2ncc(F)c(CCN3CC[C@@H](CN)C3)c2c1. The predicted octanol–water partition coefficient (Wildman–Crippen LogP) is 2.21. The molecule has 0 radical (unpaired) electrons. The molecule has 0 aliphatic carbocycles. The molecule has 5 heteroatoms. The summed E-state index contributed by atoms with van der Waals surface area (Å²) in [5, 5.41) is 0.842. The largest absolute Gasteiger partial charge is 0.497 e. The van der Waals surface area contributed by atoms with E-state index in [4.69, 9.17) is 10.5 Å². The van der Waals surface area contributed by atoms with Crippen LogP contribution in [-0.2, 0) is 6.42 Å². The fourth-order valence-corrected chi connectivity index (χ4v) is 3.16. The van der Waals surface area contributed by atoms with Gasteiger partial charge in [0.1, 0.15) is 11.6 Å². The van der Waals surface area contributed by atoms with E-state index in [1.165, 1.54) is 6.20 Å². The summed E-state index contributed by atoms with van der Waals surface area (Å²) in [4.78, 5) is 6.53. The Balaban J connectivity index is 1.81. The van der Waals surface area contributed by atoms with Crippen molar-refractivity contribution in [3.8, 4) is 5.75 Å². The molecule has 0 unspecified atom stereocenters. The highest BCUT2D eigenvalue weighted by Gasteiger charge is 2.21. The molecular formula is C17H22FN3O.